The molecule has 2 N–H and O–H groups in total. The standard InChI is InChI=1S/C18H20ClN3O2/c1-21(15-8-14(20)9-15)18(24)13-6-7-17(23)22(11-13)10-12-4-2-3-5-16(12)19/h2-7,11,14-15H,8-10,20H2,1H3. The van der Waals surface area contributed by atoms with Crippen molar-refractivity contribution in [2.24, 2.45) is 5.73 Å². The first kappa shape index (κ1) is 16.7. The molecule has 0 spiro atoms. The lowest BCUT2D eigenvalue weighted by Crippen LogP contribution is -2.51. The van der Waals surface area contributed by atoms with Crippen LogP contribution in [-0.2, 0) is 6.54 Å². The van der Waals surface area contributed by atoms with Gasteiger partial charge in [-0.05, 0) is 30.5 Å². The molecular weight excluding hydrogens is 326 g/mol. The highest BCUT2D eigenvalue weighted by Crippen LogP contribution is 2.24. The number of carbonyl (C=O) groups is 1. The summed E-state index contributed by atoms with van der Waals surface area (Å²) in [5, 5.41) is 0.599. The van der Waals surface area contributed by atoms with Gasteiger partial charge in [0, 0.05) is 36.4 Å². The van der Waals surface area contributed by atoms with Crippen LogP contribution < -0.4 is 11.3 Å². The topological polar surface area (TPSA) is 68.3 Å². The zero-order valence-corrected chi connectivity index (χ0v) is 14.2. The van der Waals surface area contributed by atoms with Gasteiger partial charge in [-0.25, -0.2) is 0 Å². The number of aromatic nitrogens is 1. The monoisotopic (exact) mass is 345 g/mol. The predicted octanol–water partition coefficient (Wildman–Crippen LogP) is 2.11. The van der Waals surface area contributed by atoms with Gasteiger partial charge in [0.05, 0.1) is 12.1 Å². The van der Waals surface area contributed by atoms with Crippen LogP contribution in [0.4, 0.5) is 0 Å². The van der Waals surface area contributed by atoms with Crippen molar-refractivity contribution in [3.8, 4) is 0 Å². The zero-order valence-electron chi connectivity index (χ0n) is 13.5. The highest BCUT2D eigenvalue weighted by atomic mass is 35.5. The quantitative estimate of drug-likeness (QED) is 0.922. The Bertz CT molecular complexity index is 812. The number of amides is 1. The minimum absolute atomic E-state index is 0.0974. The van der Waals surface area contributed by atoms with Gasteiger partial charge in [-0.15, -0.1) is 0 Å². The van der Waals surface area contributed by atoms with Crippen LogP contribution in [0, 0.1) is 0 Å². The molecule has 126 valence electrons. The van der Waals surface area contributed by atoms with Gasteiger partial charge in [-0.3, -0.25) is 9.59 Å². The first-order valence-corrected chi connectivity index (χ1v) is 8.30. The Morgan fingerprint density at radius 3 is 2.67 bits per heavy atom. The first-order valence-electron chi connectivity index (χ1n) is 7.92. The Morgan fingerprint density at radius 2 is 2.00 bits per heavy atom. The maximum Gasteiger partial charge on any atom is 0.255 e. The van der Waals surface area contributed by atoms with E-state index in [-0.39, 0.29) is 23.6 Å². The van der Waals surface area contributed by atoms with Crippen LogP contribution in [0.15, 0.2) is 47.4 Å². The molecule has 1 aromatic heterocycles. The number of halogens is 1. The lowest BCUT2D eigenvalue weighted by molar-refractivity contribution is 0.0624. The summed E-state index contributed by atoms with van der Waals surface area (Å²) < 4.78 is 1.51. The van der Waals surface area contributed by atoms with Crippen LogP contribution in [0.25, 0.3) is 0 Å². The summed E-state index contributed by atoms with van der Waals surface area (Å²) in [6.45, 7) is 0.331. The molecule has 1 aliphatic carbocycles. The lowest BCUT2D eigenvalue weighted by atomic mass is 9.86. The van der Waals surface area contributed by atoms with Crippen molar-refractivity contribution in [2.45, 2.75) is 31.5 Å². The molecule has 6 heteroatoms. The molecule has 0 atom stereocenters. The largest absolute Gasteiger partial charge is 0.339 e. The predicted molar refractivity (Wildman–Crippen MR) is 94.3 cm³/mol. The minimum Gasteiger partial charge on any atom is -0.339 e. The van der Waals surface area contributed by atoms with Gasteiger partial charge in [0.2, 0.25) is 0 Å². The number of rotatable bonds is 4. The van der Waals surface area contributed by atoms with Gasteiger partial charge in [0.15, 0.2) is 0 Å². The van der Waals surface area contributed by atoms with Crippen LogP contribution in [0.5, 0.6) is 0 Å². The summed E-state index contributed by atoms with van der Waals surface area (Å²) in [6.07, 6.45) is 3.24. The molecule has 1 aromatic carbocycles. The average Bonchev–Trinajstić information content (AvgIpc) is 2.54. The second-order valence-electron chi connectivity index (χ2n) is 6.28. The van der Waals surface area contributed by atoms with Crippen LogP contribution in [0.2, 0.25) is 5.02 Å². The molecule has 1 fully saturated rings. The Hall–Kier alpha value is -2.11. The lowest BCUT2D eigenvalue weighted by Gasteiger charge is -2.39. The van der Waals surface area contributed by atoms with E-state index >= 15 is 0 Å². The fraction of sp³-hybridized carbons (Fsp3) is 0.333. The smallest absolute Gasteiger partial charge is 0.255 e. The zero-order chi connectivity index (χ0) is 17.3. The molecule has 2 aromatic rings. The number of nitrogens with two attached hydrogens (primary N) is 1. The number of hydrogen-bond acceptors (Lipinski definition) is 3. The summed E-state index contributed by atoms with van der Waals surface area (Å²) in [6, 6.07) is 10.7. The molecule has 0 saturated heterocycles. The number of benzene rings is 1. The fourth-order valence-electron chi connectivity index (χ4n) is 2.91. The van der Waals surface area contributed by atoms with E-state index in [4.69, 9.17) is 17.3 Å². The Balaban J connectivity index is 1.82. The Morgan fingerprint density at radius 1 is 1.29 bits per heavy atom. The summed E-state index contributed by atoms with van der Waals surface area (Å²) in [7, 11) is 1.78. The van der Waals surface area contributed by atoms with E-state index < -0.39 is 0 Å². The highest BCUT2D eigenvalue weighted by molar-refractivity contribution is 6.31. The molecule has 5 nitrogen and oxygen atoms in total. The first-order chi connectivity index (χ1) is 11.5. The van der Waals surface area contributed by atoms with Crippen LogP contribution in [0.1, 0.15) is 28.8 Å². The number of pyridine rings is 1. The molecule has 0 radical (unpaired) electrons. The number of hydrogen-bond donors (Lipinski definition) is 1. The van der Waals surface area contributed by atoms with E-state index in [1.807, 2.05) is 18.2 Å². The van der Waals surface area contributed by atoms with E-state index in [1.54, 1.807) is 30.3 Å². The van der Waals surface area contributed by atoms with Crippen LogP contribution in [-0.4, -0.2) is 34.5 Å². The fourth-order valence-corrected chi connectivity index (χ4v) is 3.10. The normalized spacial score (nSPS) is 19.6. The molecule has 1 amide bonds. The summed E-state index contributed by atoms with van der Waals surface area (Å²) in [4.78, 5) is 26.4. The van der Waals surface area contributed by atoms with Crippen molar-refractivity contribution in [3.05, 3.63) is 69.1 Å². The second-order valence-corrected chi connectivity index (χ2v) is 6.68. The van der Waals surface area contributed by atoms with Crippen molar-refractivity contribution in [2.75, 3.05) is 7.05 Å². The van der Waals surface area contributed by atoms with E-state index in [1.165, 1.54) is 10.6 Å². The van der Waals surface area contributed by atoms with Gasteiger partial charge in [-0.2, -0.15) is 0 Å². The van der Waals surface area contributed by atoms with Gasteiger partial charge < -0.3 is 15.2 Å². The van der Waals surface area contributed by atoms with Crippen molar-refractivity contribution in [1.29, 1.82) is 0 Å². The number of carbonyl (C=O) groups excluding carboxylic acids is 1. The van der Waals surface area contributed by atoms with Crippen molar-refractivity contribution < 1.29 is 4.79 Å². The Labute approximate surface area is 145 Å². The molecule has 0 bridgehead atoms. The molecule has 3 rings (SSSR count). The molecule has 0 aliphatic heterocycles. The third-order valence-corrected chi connectivity index (χ3v) is 4.92. The van der Waals surface area contributed by atoms with E-state index in [0.29, 0.717) is 17.1 Å². The SMILES string of the molecule is CN(C(=O)c1ccc(=O)n(Cc2ccccc2Cl)c1)C1CC(N)C1. The average molecular weight is 346 g/mol. The van der Waals surface area contributed by atoms with Crippen LogP contribution in [0.3, 0.4) is 0 Å². The molecule has 24 heavy (non-hydrogen) atoms. The third-order valence-electron chi connectivity index (χ3n) is 4.55. The summed E-state index contributed by atoms with van der Waals surface area (Å²) in [5.74, 6) is -0.0974. The van der Waals surface area contributed by atoms with Gasteiger partial charge in [-0.1, -0.05) is 29.8 Å². The molecule has 1 aliphatic rings. The van der Waals surface area contributed by atoms with E-state index in [0.717, 1.165) is 18.4 Å². The van der Waals surface area contributed by atoms with Gasteiger partial charge in [0.25, 0.3) is 11.5 Å². The molecular formula is C18H20ClN3O2. The van der Waals surface area contributed by atoms with Crippen LogP contribution >= 0.6 is 11.6 Å². The van der Waals surface area contributed by atoms with Crippen molar-refractivity contribution >= 4 is 17.5 Å². The molecule has 1 saturated carbocycles. The summed E-state index contributed by atoms with van der Waals surface area (Å²) in [5.41, 5.74) is 6.95. The van der Waals surface area contributed by atoms with E-state index in [9.17, 15) is 9.59 Å². The van der Waals surface area contributed by atoms with Gasteiger partial charge >= 0.3 is 0 Å². The highest BCUT2D eigenvalue weighted by Gasteiger charge is 2.32. The number of nitrogens with zero attached hydrogens (tertiary/aromatic N) is 2. The van der Waals surface area contributed by atoms with Crippen molar-refractivity contribution in [3.63, 3.8) is 0 Å². The third kappa shape index (κ3) is 3.37. The van der Waals surface area contributed by atoms with Gasteiger partial charge in [0.1, 0.15) is 0 Å². The Kier molecular flexibility index (Phi) is 4.73. The maximum absolute atomic E-state index is 12.6. The molecule has 1 heterocycles. The van der Waals surface area contributed by atoms with E-state index in [2.05, 4.69) is 0 Å². The second kappa shape index (κ2) is 6.79. The minimum atomic E-state index is -0.167. The van der Waals surface area contributed by atoms with Crippen molar-refractivity contribution in [1.82, 2.24) is 9.47 Å². The summed E-state index contributed by atoms with van der Waals surface area (Å²) >= 11 is 6.16. The maximum atomic E-state index is 12.6. The molecule has 0 unspecified atom stereocenters.